The first kappa shape index (κ1) is 17.3. The van der Waals surface area contributed by atoms with Crippen LogP contribution in [0.5, 0.6) is 0 Å². The fraction of sp³-hybridized carbons (Fsp3) is 0.389. The Morgan fingerprint density at radius 3 is 2.96 bits per heavy atom. The minimum atomic E-state index is -0.358. The highest BCUT2D eigenvalue weighted by Crippen LogP contribution is 2.26. The van der Waals surface area contributed by atoms with Crippen LogP contribution in [-0.4, -0.2) is 43.9 Å². The van der Waals surface area contributed by atoms with Gasteiger partial charge in [-0.25, -0.2) is 4.98 Å². The average molecular weight is 367 g/mol. The number of carbonyl (C=O) groups is 1. The zero-order valence-corrected chi connectivity index (χ0v) is 15.0. The van der Waals surface area contributed by atoms with Crippen molar-refractivity contribution >= 4 is 11.6 Å². The summed E-state index contributed by atoms with van der Waals surface area (Å²) < 4.78 is 7.11. The molecule has 27 heavy (non-hydrogen) atoms. The summed E-state index contributed by atoms with van der Waals surface area (Å²) in [4.78, 5) is 20.5. The summed E-state index contributed by atoms with van der Waals surface area (Å²) in [5, 5.41) is 14.4. The van der Waals surface area contributed by atoms with Gasteiger partial charge in [0.2, 0.25) is 0 Å². The highest BCUT2D eigenvalue weighted by Gasteiger charge is 2.22. The Kier molecular flexibility index (Phi) is 4.93. The summed E-state index contributed by atoms with van der Waals surface area (Å²) in [6.45, 7) is 4.25. The molecule has 1 aliphatic heterocycles. The standard InChI is InChI=1S/C18H21N7O2/c1-12(13-2-4-19-5-3-13)25-11-14(9-22-25)23-18(26)15-8-17(27-24-15)16-10-20-6-7-21-16/h6-13,19H,2-5H2,1H3,(H,23,26). The van der Waals surface area contributed by atoms with E-state index in [1.165, 1.54) is 0 Å². The van der Waals surface area contributed by atoms with Crippen molar-refractivity contribution in [2.24, 2.45) is 5.92 Å². The SMILES string of the molecule is CC(C1CCNCC1)n1cc(NC(=O)c2cc(-c3cnccn3)on2)cn1. The molecule has 1 saturated heterocycles. The number of amides is 1. The van der Waals surface area contributed by atoms with Gasteiger partial charge in [-0.2, -0.15) is 5.10 Å². The van der Waals surface area contributed by atoms with E-state index in [0.29, 0.717) is 23.1 Å². The molecule has 1 atom stereocenters. The molecule has 1 unspecified atom stereocenters. The summed E-state index contributed by atoms with van der Waals surface area (Å²) in [6, 6.07) is 1.83. The van der Waals surface area contributed by atoms with Crippen LogP contribution in [-0.2, 0) is 0 Å². The van der Waals surface area contributed by atoms with E-state index in [1.807, 2.05) is 10.9 Å². The first-order valence-corrected chi connectivity index (χ1v) is 9.00. The number of nitrogens with zero attached hydrogens (tertiary/aromatic N) is 5. The summed E-state index contributed by atoms with van der Waals surface area (Å²) in [7, 11) is 0. The van der Waals surface area contributed by atoms with Gasteiger partial charge in [-0.15, -0.1) is 0 Å². The molecule has 1 aliphatic rings. The molecule has 3 aromatic rings. The van der Waals surface area contributed by atoms with E-state index in [-0.39, 0.29) is 17.6 Å². The fourth-order valence-electron chi connectivity index (χ4n) is 3.29. The molecular formula is C18H21N7O2. The second-order valence-electron chi connectivity index (χ2n) is 6.66. The van der Waals surface area contributed by atoms with Crippen LogP contribution in [0.1, 0.15) is 36.3 Å². The van der Waals surface area contributed by atoms with Crippen molar-refractivity contribution in [2.75, 3.05) is 18.4 Å². The second-order valence-corrected chi connectivity index (χ2v) is 6.66. The predicted molar refractivity (Wildman–Crippen MR) is 98.0 cm³/mol. The molecule has 0 radical (unpaired) electrons. The highest BCUT2D eigenvalue weighted by atomic mass is 16.5. The number of rotatable bonds is 5. The molecule has 9 nitrogen and oxygen atoms in total. The molecule has 1 fully saturated rings. The Labute approximate surface area is 156 Å². The molecular weight excluding hydrogens is 346 g/mol. The van der Waals surface area contributed by atoms with Crippen LogP contribution in [0, 0.1) is 5.92 Å². The van der Waals surface area contributed by atoms with Gasteiger partial charge in [-0.05, 0) is 38.8 Å². The Hall–Kier alpha value is -3.07. The third-order valence-electron chi connectivity index (χ3n) is 4.90. The van der Waals surface area contributed by atoms with Gasteiger partial charge in [-0.3, -0.25) is 14.5 Å². The van der Waals surface area contributed by atoms with Crippen molar-refractivity contribution in [3.8, 4) is 11.5 Å². The number of hydrogen-bond donors (Lipinski definition) is 2. The molecule has 2 N–H and O–H groups in total. The van der Waals surface area contributed by atoms with Gasteiger partial charge in [0.15, 0.2) is 11.5 Å². The Morgan fingerprint density at radius 1 is 1.33 bits per heavy atom. The number of carbonyl (C=O) groups excluding carboxylic acids is 1. The molecule has 0 spiro atoms. The van der Waals surface area contributed by atoms with E-state index < -0.39 is 0 Å². The van der Waals surface area contributed by atoms with E-state index in [2.05, 4.69) is 37.8 Å². The third kappa shape index (κ3) is 3.87. The molecule has 4 heterocycles. The molecule has 140 valence electrons. The zero-order chi connectivity index (χ0) is 18.6. The van der Waals surface area contributed by atoms with E-state index in [1.54, 1.807) is 30.9 Å². The quantitative estimate of drug-likeness (QED) is 0.711. The van der Waals surface area contributed by atoms with Crippen LogP contribution in [0.15, 0.2) is 41.6 Å². The number of nitrogens with one attached hydrogen (secondary N) is 2. The minimum absolute atomic E-state index is 0.176. The van der Waals surface area contributed by atoms with Crippen LogP contribution in [0.3, 0.4) is 0 Å². The maximum Gasteiger partial charge on any atom is 0.277 e. The van der Waals surface area contributed by atoms with Gasteiger partial charge in [0.25, 0.3) is 5.91 Å². The van der Waals surface area contributed by atoms with E-state index in [0.717, 1.165) is 25.9 Å². The maximum atomic E-state index is 12.4. The number of aromatic nitrogens is 5. The Balaban J connectivity index is 1.41. The monoisotopic (exact) mass is 367 g/mol. The predicted octanol–water partition coefficient (Wildman–Crippen LogP) is 2.14. The lowest BCUT2D eigenvalue weighted by Crippen LogP contribution is -2.31. The van der Waals surface area contributed by atoms with Gasteiger partial charge in [-0.1, -0.05) is 5.16 Å². The first-order valence-electron chi connectivity index (χ1n) is 9.00. The van der Waals surface area contributed by atoms with Crippen molar-refractivity contribution in [1.29, 1.82) is 0 Å². The fourth-order valence-corrected chi connectivity index (χ4v) is 3.29. The molecule has 9 heteroatoms. The van der Waals surface area contributed by atoms with Crippen LogP contribution in [0.25, 0.3) is 11.5 Å². The maximum absolute atomic E-state index is 12.4. The van der Waals surface area contributed by atoms with Gasteiger partial charge in [0.05, 0.1) is 24.1 Å². The van der Waals surface area contributed by atoms with Gasteiger partial charge >= 0.3 is 0 Å². The number of piperidine rings is 1. The normalized spacial score (nSPS) is 16.2. The lowest BCUT2D eigenvalue weighted by molar-refractivity contribution is 0.101. The van der Waals surface area contributed by atoms with Crippen molar-refractivity contribution in [3.05, 3.63) is 42.7 Å². The summed E-state index contributed by atoms with van der Waals surface area (Å²) in [6.07, 6.45) is 10.4. The number of anilines is 1. The van der Waals surface area contributed by atoms with Crippen molar-refractivity contribution < 1.29 is 9.32 Å². The molecule has 4 rings (SSSR count). The average Bonchev–Trinajstić information content (AvgIpc) is 3.39. The van der Waals surface area contributed by atoms with Crippen molar-refractivity contribution in [2.45, 2.75) is 25.8 Å². The van der Waals surface area contributed by atoms with E-state index in [4.69, 9.17) is 4.52 Å². The zero-order valence-electron chi connectivity index (χ0n) is 15.0. The van der Waals surface area contributed by atoms with Gasteiger partial charge in [0.1, 0.15) is 5.69 Å². The molecule has 3 aromatic heterocycles. The third-order valence-corrected chi connectivity index (χ3v) is 4.90. The molecule has 0 aliphatic carbocycles. The summed E-state index contributed by atoms with van der Waals surface area (Å²) >= 11 is 0. The molecule has 0 saturated carbocycles. The molecule has 0 aromatic carbocycles. The first-order chi connectivity index (χ1) is 13.2. The second kappa shape index (κ2) is 7.67. The summed E-state index contributed by atoms with van der Waals surface area (Å²) in [5.74, 6) is 0.617. The smallest absolute Gasteiger partial charge is 0.277 e. The highest BCUT2D eigenvalue weighted by molar-refractivity contribution is 6.03. The van der Waals surface area contributed by atoms with E-state index >= 15 is 0 Å². The Morgan fingerprint density at radius 2 is 2.19 bits per heavy atom. The van der Waals surface area contributed by atoms with Crippen molar-refractivity contribution in [3.63, 3.8) is 0 Å². The van der Waals surface area contributed by atoms with Crippen LogP contribution in [0.2, 0.25) is 0 Å². The van der Waals surface area contributed by atoms with E-state index in [9.17, 15) is 4.79 Å². The molecule has 1 amide bonds. The number of hydrogen-bond acceptors (Lipinski definition) is 7. The largest absolute Gasteiger partial charge is 0.354 e. The minimum Gasteiger partial charge on any atom is -0.354 e. The molecule has 0 bridgehead atoms. The van der Waals surface area contributed by atoms with Gasteiger partial charge < -0.3 is 15.2 Å². The lowest BCUT2D eigenvalue weighted by atomic mass is 9.91. The lowest BCUT2D eigenvalue weighted by Gasteiger charge is -2.28. The van der Waals surface area contributed by atoms with Crippen LogP contribution >= 0.6 is 0 Å². The van der Waals surface area contributed by atoms with Gasteiger partial charge in [0, 0.05) is 24.7 Å². The van der Waals surface area contributed by atoms with Crippen LogP contribution < -0.4 is 10.6 Å². The Bertz CT molecular complexity index is 899. The van der Waals surface area contributed by atoms with Crippen LogP contribution in [0.4, 0.5) is 5.69 Å². The van der Waals surface area contributed by atoms with Crippen molar-refractivity contribution in [1.82, 2.24) is 30.2 Å². The summed E-state index contributed by atoms with van der Waals surface area (Å²) in [5.41, 5.74) is 1.33. The topological polar surface area (TPSA) is 111 Å².